The highest BCUT2D eigenvalue weighted by Crippen LogP contribution is 2.34. The van der Waals surface area contributed by atoms with E-state index in [1.165, 1.54) is 26.1 Å². The molecule has 4 rings (SSSR count). The molecule has 1 aliphatic heterocycles. The molecular formula is C18H17IN2O. The number of aromatic nitrogens is 1. The van der Waals surface area contributed by atoms with Crippen LogP contribution in [0.2, 0.25) is 0 Å². The summed E-state index contributed by atoms with van der Waals surface area (Å²) in [4.78, 5) is 6.93. The first-order chi connectivity index (χ1) is 10.8. The lowest BCUT2D eigenvalue weighted by atomic mass is 10.1. The molecular weight excluding hydrogens is 387 g/mol. The van der Waals surface area contributed by atoms with E-state index in [1.54, 1.807) is 0 Å². The van der Waals surface area contributed by atoms with Crippen molar-refractivity contribution in [1.29, 1.82) is 0 Å². The molecule has 0 atom stereocenters. The van der Waals surface area contributed by atoms with Crippen molar-refractivity contribution in [2.45, 2.75) is 19.1 Å². The van der Waals surface area contributed by atoms with Crippen LogP contribution in [0.5, 0.6) is 0 Å². The predicted molar refractivity (Wildman–Crippen MR) is 97.2 cm³/mol. The fourth-order valence-electron chi connectivity index (χ4n) is 2.86. The number of hydrogen-bond acceptors (Lipinski definition) is 3. The van der Waals surface area contributed by atoms with Gasteiger partial charge in [0.05, 0.1) is 30.3 Å². The van der Waals surface area contributed by atoms with Crippen LogP contribution in [0.4, 0.5) is 5.69 Å². The molecule has 2 aliphatic rings. The summed E-state index contributed by atoms with van der Waals surface area (Å²) in [5.74, 6) is 0. The number of halogens is 1. The predicted octanol–water partition coefficient (Wildman–Crippen LogP) is 3.82. The summed E-state index contributed by atoms with van der Waals surface area (Å²) in [6.07, 6.45) is 5.53. The number of pyridine rings is 1. The monoisotopic (exact) mass is 404 g/mol. The molecule has 0 spiro atoms. The van der Waals surface area contributed by atoms with Crippen LogP contribution < -0.4 is 4.90 Å². The number of fused-ring (bicyclic) bond motifs is 1. The summed E-state index contributed by atoms with van der Waals surface area (Å²) >= 11 is 2.40. The van der Waals surface area contributed by atoms with E-state index in [0.29, 0.717) is 12.7 Å². The summed E-state index contributed by atoms with van der Waals surface area (Å²) in [6.45, 7) is 2.60. The van der Waals surface area contributed by atoms with Crippen LogP contribution in [-0.2, 0) is 17.8 Å². The van der Waals surface area contributed by atoms with E-state index in [9.17, 15) is 0 Å². The zero-order chi connectivity index (χ0) is 14.9. The Kier molecular flexibility index (Phi) is 3.88. The number of anilines is 1. The maximum absolute atomic E-state index is 5.95. The van der Waals surface area contributed by atoms with Gasteiger partial charge in [0.1, 0.15) is 0 Å². The standard InChI is InChI=1S/C18H17IN2O/c19-17-6-7-18-16(17)8-14(9-20-18)21-10-15(11-21)22-12-13-4-2-1-3-5-13/h1-6,8-9,15H,7,10-12H2. The molecule has 0 saturated carbocycles. The quantitative estimate of drug-likeness (QED) is 0.725. The molecule has 1 fully saturated rings. The van der Waals surface area contributed by atoms with Crippen molar-refractivity contribution in [2.75, 3.05) is 18.0 Å². The van der Waals surface area contributed by atoms with E-state index in [2.05, 4.69) is 68.9 Å². The molecule has 1 aromatic heterocycles. The largest absolute Gasteiger partial charge is 0.370 e. The van der Waals surface area contributed by atoms with E-state index < -0.39 is 0 Å². The molecule has 112 valence electrons. The van der Waals surface area contributed by atoms with Gasteiger partial charge >= 0.3 is 0 Å². The van der Waals surface area contributed by atoms with Crippen molar-refractivity contribution in [2.24, 2.45) is 0 Å². The molecule has 1 aliphatic carbocycles. The van der Waals surface area contributed by atoms with Crippen molar-refractivity contribution < 1.29 is 4.74 Å². The van der Waals surface area contributed by atoms with E-state index in [4.69, 9.17) is 4.74 Å². The first kappa shape index (κ1) is 14.2. The minimum Gasteiger partial charge on any atom is -0.370 e. The number of rotatable bonds is 4. The van der Waals surface area contributed by atoms with Crippen LogP contribution in [0, 0.1) is 0 Å². The zero-order valence-electron chi connectivity index (χ0n) is 12.2. The average molecular weight is 404 g/mol. The van der Waals surface area contributed by atoms with Crippen molar-refractivity contribution in [3.63, 3.8) is 0 Å². The van der Waals surface area contributed by atoms with Crippen molar-refractivity contribution >= 4 is 31.9 Å². The highest BCUT2D eigenvalue weighted by molar-refractivity contribution is 14.1. The Morgan fingerprint density at radius 1 is 1.23 bits per heavy atom. The highest BCUT2D eigenvalue weighted by atomic mass is 127. The van der Waals surface area contributed by atoms with Gasteiger partial charge in [0.2, 0.25) is 0 Å². The number of benzene rings is 1. The van der Waals surface area contributed by atoms with Gasteiger partial charge in [-0.2, -0.15) is 0 Å². The normalized spacial score (nSPS) is 17.1. The van der Waals surface area contributed by atoms with Gasteiger partial charge in [0.15, 0.2) is 0 Å². The zero-order valence-corrected chi connectivity index (χ0v) is 14.4. The van der Waals surface area contributed by atoms with Gasteiger partial charge in [-0.1, -0.05) is 36.4 Å². The summed E-state index contributed by atoms with van der Waals surface area (Å²) in [5, 5.41) is 0. The average Bonchev–Trinajstić information content (AvgIpc) is 2.88. The second-order valence-electron chi connectivity index (χ2n) is 5.77. The Bertz CT molecular complexity index is 708. The number of nitrogens with zero attached hydrogens (tertiary/aromatic N) is 2. The first-order valence-corrected chi connectivity index (χ1v) is 8.63. The van der Waals surface area contributed by atoms with Gasteiger partial charge in [-0.05, 0) is 34.2 Å². The van der Waals surface area contributed by atoms with Crippen LogP contribution in [-0.4, -0.2) is 24.2 Å². The second-order valence-corrected chi connectivity index (χ2v) is 6.93. The summed E-state index contributed by atoms with van der Waals surface area (Å²) in [7, 11) is 0. The van der Waals surface area contributed by atoms with Crippen LogP contribution in [0.25, 0.3) is 3.58 Å². The maximum atomic E-state index is 5.95. The van der Waals surface area contributed by atoms with Crippen LogP contribution in [0.15, 0.2) is 48.7 Å². The molecule has 2 aromatic rings. The van der Waals surface area contributed by atoms with Gasteiger partial charge in [0.25, 0.3) is 0 Å². The third-order valence-electron chi connectivity index (χ3n) is 4.23. The lowest BCUT2D eigenvalue weighted by molar-refractivity contribution is 0.0224. The van der Waals surface area contributed by atoms with E-state index in [0.717, 1.165) is 19.5 Å². The SMILES string of the molecule is IC1=CCc2ncc(N3CC(OCc4ccccc4)C3)cc21. The molecule has 0 unspecified atom stereocenters. The highest BCUT2D eigenvalue weighted by Gasteiger charge is 2.28. The Morgan fingerprint density at radius 3 is 2.86 bits per heavy atom. The molecule has 1 aromatic carbocycles. The topological polar surface area (TPSA) is 25.4 Å². The van der Waals surface area contributed by atoms with E-state index >= 15 is 0 Å². The fraction of sp³-hybridized carbons (Fsp3) is 0.278. The smallest absolute Gasteiger partial charge is 0.0928 e. The van der Waals surface area contributed by atoms with Gasteiger partial charge in [-0.3, -0.25) is 4.98 Å². The maximum Gasteiger partial charge on any atom is 0.0928 e. The first-order valence-electron chi connectivity index (χ1n) is 7.55. The minimum atomic E-state index is 0.322. The van der Waals surface area contributed by atoms with E-state index in [-0.39, 0.29) is 0 Å². The Balaban J connectivity index is 1.34. The number of hydrogen-bond donors (Lipinski definition) is 0. The molecule has 1 saturated heterocycles. The molecule has 0 bridgehead atoms. The molecule has 3 nitrogen and oxygen atoms in total. The van der Waals surface area contributed by atoms with Crippen LogP contribution >= 0.6 is 22.6 Å². The number of ether oxygens (including phenoxy) is 1. The Hall–Kier alpha value is -1.40. The van der Waals surface area contributed by atoms with Gasteiger partial charge < -0.3 is 9.64 Å². The second kappa shape index (κ2) is 6.01. The van der Waals surface area contributed by atoms with Crippen LogP contribution in [0.3, 0.4) is 0 Å². The lowest BCUT2D eigenvalue weighted by Gasteiger charge is -2.40. The Labute approximate surface area is 144 Å². The van der Waals surface area contributed by atoms with Gasteiger partial charge in [-0.25, -0.2) is 0 Å². The molecule has 4 heteroatoms. The molecule has 0 amide bonds. The summed E-state index contributed by atoms with van der Waals surface area (Å²) in [5.41, 5.74) is 4.94. The van der Waals surface area contributed by atoms with Gasteiger partial charge in [-0.15, -0.1) is 0 Å². The molecule has 0 radical (unpaired) electrons. The minimum absolute atomic E-state index is 0.322. The number of allylic oxidation sites excluding steroid dienone is 1. The molecule has 2 heterocycles. The van der Waals surface area contributed by atoms with E-state index in [1.807, 2.05) is 12.3 Å². The van der Waals surface area contributed by atoms with Crippen molar-refractivity contribution in [1.82, 2.24) is 4.98 Å². The third kappa shape index (κ3) is 2.77. The summed E-state index contributed by atoms with van der Waals surface area (Å²) in [6, 6.07) is 12.6. The van der Waals surface area contributed by atoms with Crippen molar-refractivity contribution in [3.05, 3.63) is 65.5 Å². The third-order valence-corrected chi connectivity index (χ3v) is 5.25. The van der Waals surface area contributed by atoms with Gasteiger partial charge in [0, 0.05) is 28.7 Å². The van der Waals surface area contributed by atoms with Crippen LogP contribution in [0.1, 0.15) is 16.8 Å². The molecule has 0 N–H and O–H groups in total. The summed E-state index contributed by atoms with van der Waals surface area (Å²) < 4.78 is 7.27. The fourth-order valence-corrected chi connectivity index (χ4v) is 3.55. The van der Waals surface area contributed by atoms with Crippen molar-refractivity contribution in [3.8, 4) is 0 Å². The Morgan fingerprint density at radius 2 is 2.05 bits per heavy atom. The molecule has 22 heavy (non-hydrogen) atoms. The lowest BCUT2D eigenvalue weighted by Crippen LogP contribution is -2.52.